The molecule has 0 fully saturated rings. The molecule has 0 aliphatic rings. The fraction of sp³-hybridized carbons (Fsp3) is 0.250. The summed E-state index contributed by atoms with van der Waals surface area (Å²) in [6.45, 7) is 4.69. The minimum Gasteiger partial charge on any atom is -0.310 e. The van der Waals surface area contributed by atoms with Crippen LogP contribution in [0.15, 0.2) is 36.4 Å². The van der Waals surface area contributed by atoms with Gasteiger partial charge in [-0.2, -0.15) is 0 Å². The largest absolute Gasteiger partial charge is 0.310 e. The first-order valence-corrected chi connectivity index (χ1v) is 7.19. The van der Waals surface area contributed by atoms with E-state index in [-0.39, 0.29) is 5.82 Å². The van der Waals surface area contributed by atoms with E-state index >= 15 is 0 Å². The maximum Gasteiger partial charge on any atom is 0.123 e. The van der Waals surface area contributed by atoms with Gasteiger partial charge in [0.1, 0.15) is 5.82 Å². The van der Waals surface area contributed by atoms with Gasteiger partial charge in [0.25, 0.3) is 0 Å². The molecule has 1 N–H and O–H groups in total. The number of hydrogen-bond donors (Lipinski definition) is 1. The van der Waals surface area contributed by atoms with Gasteiger partial charge in [-0.05, 0) is 47.0 Å². The minimum absolute atomic E-state index is 0.248. The van der Waals surface area contributed by atoms with Gasteiger partial charge in [-0.25, -0.2) is 4.39 Å². The fourth-order valence-electron chi connectivity index (χ4n) is 2.01. The molecule has 0 spiro atoms. The number of nitrogens with one attached hydrogen (secondary N) is 1. The Kier molecular flexibility index (Phi) is 5.03. The molecule has 0 heterocycles. The first-order chi connectivity index (χ1) is 9.45. The second-order valence-corrected chi connectivity index (χ2v) is 5.87. The fourth-order valence-corrected chi connectivity index (χ4v) is 2.54. The van der Waals surface area contributed by atoms with Crippen LogP contribution in [-0.4, -0.2) is 6.04 Å². The number of benzene rings is 2. The monoisotopic (exact) mass is 311 g/mol. The maximum absolute atomic E-state index is 13.5. The first-order valence-electron chi connectivity index (χ1n) is 6.44. The molecule has 106 valence electrons. The Hall–Kier alpha value is -1.09. The van der Waals surface area contributed by atoms with Crippen molar-refractivity contribution in [3.05, 3.63) is 57.8 Å². The average molecular weight is 312 g/mol. The van der Waals surface area contributed by atoms with Crippen LogP contribution >= 0.6 is 23.2 Å². The molecule has 2 aromatic carbocycles. The summed E-state index contributed by atoms with van der Waals surface area (Å²) in [6.07, 6.45) is 0. The average Bonchev–Trinajstić information content (AvgIpc) is 2.35. The third kappa shape index (κ3) is 3.95. The predicted molar refractivity (Wildman–Crippen MR) is 83.8 cm³/mol. The summed E-state index contributed by atoms with van der Waals surface area (Å²) in [6, 6.07) is 10.4. The second kappa shape index (κ2) is 6.57. The Morgan fingerprint density at radius 3 is 2.30 bits per heavy atom. The summed E-state index contributed by atoms with van der Waals surface area (Å²) in [5.74, 6) is -0.248. The number of halogens is 3. The summed E-state index contributed by atoms with van der Waals surface area (Å²) < 4.78 is 13.5. The molecule has 0 saturated heterocycles. The van der Waals surface area contributed by atoms with Gasteiger partial charge in [-0.15, -0.1) is 0 Å². The highest BCUT2D eigenvalue weighted by Gasteiger charge is 2.09. The van der Waals surface area contributed by atoms with Crippen molar-refractivity contribution in [1.82, 2.24) is 5.32 Å². The molecule has 0 aliphatic carbocycles. The lowest BCUT2D eigenvalue weighted by molar-refractivity contribution is 0.582. The zero-order valence-electron chi connectivity index (χ0n) is 11.4. The first kappa shape index (κ1) is 15.3. The second-order valence-electron chi connectivity index (χ2n) is 5.00. The molecule has 1 nitrogen and oxygen atoms in total. The summed E-state index contributed by atoms with van der Waals surface area (Å²) in [4.78, 5) is 0. The van der Waals surface area contributed by atoms with Gasteiger partial charge in [-0.3, -0.25) is 0 Å². The van der Waals surface area contributed by atoms with E-state index in [4.69, 9.17) is 23.2 Å². The van der Waals surface area contributed by atoms with Crippen LogP contribution in [0.4, 0.5) is 4.39 Å². The molecule has 20 heavy (non-hydrogen) atoms. The maximum atomic E-state index is 13.5. The van der Waals surface area contributed by atoms with Crippen LogP contribution in [0.5, 0.6) is 0 Å². The van der Waals surface area contributed by atoms with Gasteiger partial charge in [0.2, 0.25) is 0 Å². The van der Waals surface area contributed by atoms with Crippen LogP contribution in [0.3, 0.4) is 0 Å². The molecule has 0 saturated carbocycles. The van der Waals surface area contributed by atoms with Crippen molar-refractivity contribution < 1.29 is 4.39 Å². The van der Waals surface area contributed by atoms with Crippen LogP contribution in [0.1, 0.15) is 19.4 Å². The van der Waals surface area contributed by atoms with Crippen LogP contribution in [0.2, 0.25) is 10.0 Å². The molecule has 0 aliphatic heterocycles. The number of hydrogen-bond acceptors (Lipinski definition) is 1. The van der Waals surface area contributed by atoms with Crippen molar-refractivity contribution in [3.63, 3.8) is 0 Å². The molecule has 4 heteroatoms. The van der Waals surface area contributed by atoms with Gasteiger partial charge in [0.05, 0.1) is 0 Å². The van der Waals surface area contributed by atoms with E-state index < -0.39 is 0 Å². The zero-order valence-corrected chi connectivity index (χ0v) is 12.9. The molecule has 2 aromatic rings. The van der Waals surface area contributed by atoms with Gasteiger partial charge in [-0.1, -0.05) is 43.1 Å². The Morgan fingerprint density at radius 1 is 1.05 bits per heavy atom. The zero-order chi connectivity index (χ0) is 14.7. The standard InChI is InChI=1S/C16H16Cl2FN/c1-10(2)20-9-12-7-15(19)3-4-16(12)11-5-13(17)8-14(18)6-11/h3-8,10,20H,9H2,1-2H3. The summed E-state index contributed by atoms with van der Waals surface area (Å²) in [5, 5.41) is 4.43. The van der Waals surface area contributed by atoms with Gasteiger partial charge in [0.15, 0.2) is 0 Å². The SMILES string of the molecule is CC(C)NCc1cc(F)ccc1-c1cc(Cl)cc(Cl)c1. The minimum atomic E-state index is -0.248. The summed E-state index contributed by atoms with van der Waals surface area (Å²) >= 11 is 12.1. The molecule has 2 rings (SSSR count). The lowest BCUT2D eigenvalue weighted by Gasteiger charge is -2.13. The molecule has 0 aromatic heterocycles. The Bertz CT molecular complexity index is 591. The molecule has 0 atom stereocenters. The summed E-state index contributed by atoms with van der Waals surface area (Å²) in [7, 11) is 0. The highest BCUT2D eigenvalue weighted by Crippen LogP contribution is 2.30. The molecule has 0 unspecified atom stereocenters. The predicted octanol–water partition coefficient (Wildman–Crippen LogP) is 5.30. The summed E-state index contributed by atoms with van der Waals surface area (Å²) in [5.41, 5.74) is 2.71. The van der Waals surface area contributed by atoms with Crippen molar-refractivity contribution in [3.8, 4) is 11.1 Å². The van der Waals surface area contributed by atoms with Crippen LogP contribution in [0.25, 0.3) is 11.1 Å². The van der Waals surface area contributed by atoms with Crippen molar-refractivity contribution >= 4 is 23.2 Å². The van der Waals surface area contributed by atoms with E-state index in [0.29, 0.717) is 22.6 Å². The lowest BCUT2D eigenvalue weighted by atomic mass is 9.99. The van der Waals surface area contributed by atoms with Gasteiger partial charge < -0.3 is 5.32 Å². The lowest BCUT2D eigenvalue weighted by Crippen LogP contribution is -2.22. The highest BCUT2D eigenvalue weighted by atomic mass is 35.5. The smallest absolute Gasteiger partial charge is 0.123 e. The third-order valence-corrected chi connectivity index (χ3v) is 3.38. The van der Waals surface area contributed by atoms with Crippen molar-refractivity contribution in [1.29, 1.82) is 0 Å². The van der Waals surface area contributed by atoms with Crippen LogP contribution < -0.4 is 5.32 Å². The molecule has 0 radical (unpaired) electrons. The van der Waals surface area contributed by atoms with Gasteiger partial charge in [0, 0.05) is 22.6 Å². The van der Waals surface area contributed by atoms with Gasteiger partial charge >= 0.3 is 0 Å². The number of rotatable bonds is 4. The van der Waals surface area contributed by atoms with Crippen molar-refractivity contribution in [2.24, 2.45) is 0 Å². The molecular formula is C16H16Cl2FN. The van der Waals surface area contributed by atoms with E-state index in [1.54, 1.807) is 18.2 Å². The Labute approximate surface area is 128 Å². The van der Waals surface area contributed by atoms with E-state index in [9.17, 15) is 4.39 Å². The van der Waals surface area contributed by atoms with Crippen molar-refractivity contribution in [2.75, 3.05) is 0 Å². The molecule has 0 bridgehead atoms. The molecule has 0 amide bonds. The normalized spacial score (nSPS) is 11.1. The Balaban J connectivity index is 2.44. The van der Waals surface area contributed by atoms with E-state index in [2.05, 4.69) is 19.2 Å². The van der Waals surface area contributed by atoms with Crippen LogP contribution in [-0.2, 0) is 6.54 Å². The van der Waals surface area contributed by atoms with E-state index in [1.807, 2.05) is 12.1 Å². The quantitative estimate of drug-likeness (QED) is 0.808. The Morgan fingerprint density at radius 2 is 1.70 bits per heavy atom. The van der Waals surface area contributed by atoms with Crippen molar-refractivity contribution in [2.45, 2.75) is 26.4 Å². The molecular weight excluding hydrogens is 296 g/mol. The highest BCUT2D eigenvalue weighted by molar-refractivity contribution is 6.35. The van der Waals surface area contributed by atoms with E-state index in [1.165, 1.54) is 6.07 Å². The topological polar surface area (TPSA) is 12.0 Å². The van der Waals surface area contributed by atoms with Crippen LogP contribution in [0, 0.1) is 5.82 Å². The van der Waals surface area contributed by atoms with E-state index in [0.717, 1.165) is 16.7 Å². The third-order valence-electron chi connectivity index (χ3n) is 2.94.